The van der Waals surface area contributed by atoms with Crippen LogP contribution in [0.1, 0.15) is 40.8 Å². The van der Waals surface area contributed by atoms with Crippen molar-refractivity contribution >= 4 is 51.3 Å². The normalized spacial score (nSPS) is 11.4. The lowest BCUT2D eigenvalue weighted by atomic mass is 10.0. The van der Waals surface area contributed by atoms with Gasteiger partial charge in [0, 0.05) is 16.4 Å². The number of carbonyl (C=O) groups is 1. The Labute approximate surface area is 221 Å². The van der Waals surface area contributed by atoms with Crippen LogP contribution in [0.25, 0.3) is 32.5 Å². The molecule has 2 aromatic heterocycles. The number of aromatic carboxylic acids is 1. The summed E-state index contributed by atoms with van der Waals surface area (Å²) < 4.78 is 11.9. The van der Waals surface area contributed by atoms with Gasteiger partial charge in [0.15, 0.2) is 0 Å². The highest BCUT2D eigenvalue weighted by atomic mass is 35.5. The summed E-state index contributed by atoms with van der Waals surface area (Å²) in [6.45, 7) is 4.30. The van der Waals surface area contributed by atoms with Gasteiger partial charge in [0.2, 0.25) is 0 Å². The first kappa shape index (κ1) is 24.4. The predicted molar refractivity (Wildman–Crippen MR) is 145 cm³/mol. The summed E-state index contributed by atoms with van der Waals surface area (Å²) in [5.41, 5.74) is 2.99. The molecule has 0 spiro atoms. The molecule has 0 aliphatic rings. The Morgan fingerprint density at radius 3 is 2.44 bits per heavy atom. The number of hydrogen-bond acceptors (Lipinski definition) is 5. The van der Waals surface area contributed by atoms with E-state index in [1.165, 1.54) is 11.3 Å². The highest BCUT2D eigenvalue weighted by Crippen LogP contribution is 2.39. The van der Waals surface area contributed by atoms with Crippen molar-refractivity contribution in [3.63, 3.8) is 0 Å². The van der Waals surface area contributed by atoms with E-state index >= 15 is 0 Å². The SMILES string of the molecule is CC(C)c1onc(-c2c(Cl)cccc2Cl)c1COc1ccc2cc(-c3ccc(C(=O)O)s3)ccc2c1. The van der Waals surface area contributed by atoms with E-state index in [1.54, 1.807) is 24.3 Å². The van der Waals surface area contributed by atoms with Crippen LogP contribution in [0.15, 0.2) is 71.3 Å². The summed E-state index contributed by atoms with van der Waals surface area (Å²) >= 11 is 14.2. The third kappa shape index (κ3) is 4.72. The summed E-state index contributed by atoms with van der Waals surface area (Å²) in [4.78, 5) is 12.4. The van der Waals surface area contributed by atoms with Gasteiger partial charge in [-0.25, -0.2) is 4.79 Å². The van der Waals surface area contributed by atoms with Gasteiger partial charge in [-0.05, 0) is 58.8 Å². The summed E-state index contributed by atoms with van der Waals surface area (Å²) in [6, 6.07) is 20.7. The van der Waals surface area contributed by atoms with Crippen LogP contribution < -0.4 is 4.74 Å². The smallest absolute Gasteiger partial charge is 0.345 e. The fourth-order valence-electron chi connectivity index (χ4n) is 4.07. The van der Waals surface area contributed by atoms with Crippen molar-refractivity contribution in [3.8, 4) is 27.4 Å². The van der Waals surface area contributed by atoms with E-state index in [0.717, 1.165) is 32.5 Å². The first-order valence-corrected chi connectivity index (χ1v) is 12.8. The third-order valence-corrected chi connectivity index (χ3v) is 7.59. The number of carboxylic acid groups (broad SMARTS) is 1. The van der Waals surface area contributed by atoms with Gasteiger partial charge in [0.05, 0.1) is 15.6 Å². The monoisotopic (exact) mass is 537 g/mol. The molecule has 2 heterocycles. The maximum atomic E-state index is 11.2. The molecule has 3 aromatic carbocycles. The molecule has 0 saturated heterocycles. The second-order valence-electron chi connectivity index (χ2n) is 8.61. The summed E-state index contributed by atoms with van der Waals surface area (Å²) in [5.74, 6) is 0.608. The molecule has 1 N–H and O–H groups in total. The number of nitrogens with zero attached hydrogens (tertiary/aromatic N) is 1. The van der Waals surface area contributed by atoms with E-state index in [9.17, 15) is 9.90 Å². The molecule has 8 heteroatoms. The van der Waals surface area contributed by atoms with Gasteiger partial charge in [-0.15, -0.1) is 11.3 Å². The van der Waals surface area contributed by atoms with Crippen LogP contribution in [0.5, 0.6) is 5.75 Å². The largest absolute Gasteiger partial charge is 0.489 e. The van der Waals surface area contributed by atoms with Crippen LogP contribution >= 0.6 is 34.5 Å². The van der Waals surface area contributed by atoms with E-state index in [1.807, 2.05) is 56.3 Å². The van der Waals surface area contributed by atoms with Crippen LogP contribution in [0.3, 0.4) is 0 Å². The van der Waals surface area contributed by atoms with Gasteiger partial charge in [-0.1, -0.05) is 66.5 Å². The zero-order chi connectivity index (χ0) is 25.4. The molecule has 0 fully saturated rings. The molecule has 182 valence electrons. The first-order valence-electron chi connectivity index (χ1n) is 11.2. The second-order valence-corrected chi connectivity index (χ2v) is 10.5. The Kier molecular flexibility index (Phi) is 6.75. The quantitative estimate of drug-likeness (QED) is 0.224. The highest BCUT2D eigenvalue weighted by molar-refractivity contribution is 7.17. The number of fused-ring (bicyclic) bond motifs is 1. The minimum atomic E-state index is -0.915. The Balaban J connectivity index is 1.42. The fourth-order valence-corrected chi connectivity index (χ4v) is 5.48. The number of benzene rings is 3. The molecular formula is C28H21Cl2NO4S. The van der Waals surface area contributed by atoms with E-state index < -0.39 is 5.97 Å². The van der Waals surface area contributed by atoms with Crippen LogP contribution in [0.2, 0.25) is 10.0 Å². The molecule has 0 saturated carbocycles. The summed E-state index contributed by atoms with van der Waals surface area (Å²) in [6.07, 6.45) is 0. The number of thiophene rings is 1. The molecule has 0 aliphatic heterocycles. The molecule has 0 radical (unpaired) electrons. The zero-order valence-corrected chi connectivity index (χ0v) is 21.7. The van der Waals surface area contributed by atoms with Crippen molar-refractivity contribution in [2.24, 2.45) is 0 Å². The van der Waals surface area contributed by atoms with Crippen molar-refractivity contribution in [3.05, 3.63) is 93.0 Å². The molecule has 5 nitrogen and oxygen atoms in total. The Morgan fingerprint density at radius 2 is 1.75 bits per heavy atom. The van der Waals surface area contributed by atoms with Crippen LogP contribution in [0.4, 0.5) is 0 Å². The lowest BCUT2D eigenvalue weighted by Gasteiger charge is -2.11. The number of aromatic nitrogens is 1. The second kappa shape index (κ2) is 9.97. The number of hydrogen-bond donors (Lipinski definition) is 1. The Hall–Kier alpha value is -3.32. The van der Waals surface area contributed by atoms with Crippen molar-refractivity contribution < 1.29 is 19.2 Å². The molecule has 5 aromatic rings. The number of ether oxygens (including phenoxy) is 1. The van der Waals surface area contributed by atoms with Gasteiger partial charge in [-0.3, -0.25) is 0 Å². The highest BCUT2D eigenvalue weighted by Gasteiger charge is 2.24. The fraction of sp³-hybridized carbons (Fsp3) is 0.143. The molecule has 0 aliphatic carbocycles. The van der Waals surface area contributed by atoms with Crippen LogP contribution in [-0.2, 0) is 6.61 Å². The van der Waals surface area contributed by atoms with Crippen molar-refractivity contribution in [1.29, 1.82) is 0 Å². The molecule has 0 atom stereocenters. The number of carboxylic acids is 1. The molecule has 0 unspecified atom stereocenters. The summed E-state index contributed by atoms with van der Waals surface area (Å²) in [7, 11) is 0. The first-order chi connectivity index (χ1) is 17.3. The Bertz CT molecular complexity index is 1570. The van der Waals surface area contributed by atoms with Crippen LogP contribution in [-0.4, -0.2) is 16.2 Å². The minimum Gasteiger partial charge on any atom is -0.489 e. The number of halogens is 2. The molecule has 0 bridgehead atoms. The Morgan fingerprint density at radius 1 is 1.03 bits per heavy atom. The average Bonchev–Trinajstić information content (AvgIpc) is 3.50. The zero-order valence-electron chi connectivity index (χ0n) is 19.4. The van der Waals surface area contributed by atoms with Gasteiger partial charge >= 0.3 is 5.97 Å². The molecular weight excluding hydrogens is 517 g/mol. The predicted octanol–water partition coefficient (Wildman–Crippen LogP) is 8.93. The summed E-state index contributed by atoms with van der Waals surface area (Å²) in [5, 5.41) is 16.5. The topological polar surface area (TPSA) is 72.6 Å². The third-order valence-electron chi connectivity index (χ3n) is 5.84. The average molecular weight is 538 g/mol. The van der Waals surface area contributed by atoms with Gasteiger partial charge in [-0.2, -0.15) is 0 Å². The maximum Gasteiger partial charge on any atom is 0.345 e. The standard InChI is InChI=1S/C28H21Cl2NO4S/c1-15(2)27-20(26(31-35-27)25-21(29)4-3-5-22(25)30)14-34-19-9-8-16-12-18(7-6-17(16)13-19)23-10-11-24(36-23)28(32)33/h3-13,15H,14H2,1-2H3,(H,32,33). The van der Waals surface area contributed by atoms with E-state index in [2.05, 4.69) is 5.16 Å². The minimum absolute atomic E-state index is 0.0973. The lowest BCUT2D eigenvalue weighted by Crippen LogP contribution is -2.01. The molecule has 0 amide bonds. The van der Waals surface area contributed by atoms with Crippen molar-refractivity contribution in [1.82, 2.24) is 5.16 Å². The van der Waals surface area contributed by atoms with Gasteiger partial charge in [0.1, 0.15) is 28.7 Å². The number of rotatable bonds is 7. The van der Waals surface area contributed by atoms with Crippen molar-refractivity contribution in [2.45, 2.75) is 26.4 Å². The van der Waals surface area contributed by atoms with Crippen molar-refractivity contribution in [2.75, 3.05) is 0 Å². The van der Waals surface area contributed by atoms with E-state index in [-0.39, 0.29) is 12.5 Å². The molecule has 5 rings (SSSR count). The van der Waals surface area contributed by atoms with Crippen LogP contribution in [0, 0.1) is 0 Å². The van der Waals surface area contributed by atoms with E-state index in [4.69, 9.17) is 32.5 Å². The molecule has 36 heavy (non-hydrogen) atoms. The maximum absolute atomic E-state index is 11.2. The lowest BCUT2D eigenvalue weighted by molar-refractivity contribution is 0.0702. The van der Waals surface area contributed by atoms with Gasteiger partial charge in [0.25, 0.3) is 0 Å². The van der Waals surface area contributed by atoms with E-state index in [0.29, 0.717) is 31.9 Å². The van der Waals surface area contributed by atoms with Gasteiger partial charge < -0.3 is 14.4 Å².